The van der Waals surface area contributed by atoms with Crippen molar-refractivity contribution in [1.82, 2.24) is 0 Å². The van der Waals surface area contributed by atoms with E-state index in [0.29, 0.717) is 5.56 Å². The summed E-state index contributed by atoms with van der Waals surface area (Å²) in [5.74, 6) is -0.831. The van der Waals surface area contributed by atoms with Gasteiger partial charge in [0.25, 0.3) is 0 Å². The van der Waals surface area contributed by atoms with Crippen molar-refractivity contribution in [2.75, 3.05) is 6.26 Å². The summed E-state index contributed by atoms with van der Waals surface area (Å²) in [6.45, 7) is 0. The maximum Gasteiger partial charge on any atom is 0.182 e. The summed E-state index contributed by atoms with van der Waals surface area (Å²) in [6.07, 6.45) is 1.14. The third kappa shape index (κ3) is 3.11. The number of hydrogen-bond donors (Lipinski definition) is 0. The van der Waals surface area contributed by atoms with Gasteiger partial charge < -0.3 is 0 Å². The van der Waals surface area contributed by atoms with Crippen LogP contribution in [0.4, 0.5) is 4.39 Å². The summed E-state index contributed by atoms with van der Waals surface area (Å²) in [5, 5.41) is 11.7. The Kier molecular flexibility index (Phi) is 4.01. The molecule has 6 heteroatoms. The first-order chi connectivity index (χ1) is 9.29. The van der Waals surface area contributed by atoms with Crippen LogP contribution in [-0.2, 0) is 21.4 Å². The predicted octanol–water partition coefficient (Wildman–Crippen LogP) is 3.62. The fourth-order valence-electron chi connectivity index (χ4n) is 1.87. The van der Waals surface area contributed by atoms with Crippen LogP contribution in [0.2, 0.25) is 5.02 Å². The average Bonchev–Trinajstić information content (AvgIpc) is 2.35. The first-order valence-electron chi connectivity index (χ1n) is 5.72. The Morgan fingerprint density at radius 3 is 2.50 bits per heavy atom. The van der Waals surface area contributed by atoms with E-state index in [-0.39, 0.29) is 27.7 Å². The molecule has 1 radical (unpaired) electrons. The molecular weight excluding hydrogens is 303 g/mol. The maximum absolute atomic E-state index is 13.2. The SMILES string of the molecule is CS(=O)(=O)c1cccc(Cc2cc(F)ccc2[O])c1Cl. The molecule has 20 heavy (non-hydrogen) atoms. The zero-order valence-corrected chi connectivity index (χ0v) is 12.1. The number of hydrogen-bond acceptors (Lipinski definition) is 2. The summed E-state index contributed by atoms with van der Waals surface area (Å²) < 4.78 is 36.3. The molecule has 0 N–H and O–H groups in total. The van der Waals surface area contributed by atoms with Crippen LogP contribution in [0.15, 0.2) is 41.3 Å². The first-order valence-corrected chi connectivity index (χ1v) is 7.99. The largest absolute Gasteiger partial charge is 0.290 e. The van der Waals surface area contributed by atoms with Crippen molar-refractivity contribution in [2.24, 2.45) is 0 Å². The van der Waals surface area contributed by atoms with E-state index in [4.69, 9.17) is 11.6 Å². The summed E-state index contributed by atoms with van der Waals surface area (Å²) >= 11 is 6.06. The highest BCUT2D eigenvalue weighted by molar-refractivity contribution is 7.90. The van der Waals surface area contributed by atoms with Crippen LogP contribution in [0.3, 0.4) is 0 Å². The zero-order chi connectivity index (χ0) is 14.9. The first kappa shape index (κ1) is 14.8. The second-order valence-corrected chi connectivity index (χ2v) is 6.79. The van der Waals surface area contributed by atoms with E-state index in [1.54, 1.807) is 12.1 Å². The van der Waals surface area contributed by atoms with Gasteiger partial charge in [-0.2, -0.15) is 0 Å². The van der Waals surface area contributed by atoms with E-state index in [2.05, 4.69) is 0 Å². The van der Waals surface area contributed by atoms with Crippen molar-refractivity contribution in [1.29, 1.82) is 0 Å². The van der Waals surface area contributed by atoms with Crippen LogP contribution in [0.5, 0.6) is 5.75 Å². The molecule has 0 aliphatic rings. The summed E-state index contributed by atoms with van der Waals surface area (Å²) in [7, 11) is -3.45. The van der Waals surface area contributed by atoms with Gasteiger partial charge in [-0.1, -0.05) is 23.7 Å². The molecule has 2 aromatic rings. The molecule has 0 atom stereocenters. The van der Waals surface area contributed by atoms with Gasteiger partial charge in [0.2, 0.25) is 0 Å². The topological polar surface area (TPSA) is 54.0 Å². The molecule has 0 saturated heterocycles. The lowest BCUT2D eigenvalue weighted by Crippen LogP contribution is -2.01. The lowest BCUT2D eigenvalue weighted by atomic mass is 10.0. The Bertz CT molecular complexity index is 757. The van der Waals surface area contributed by atoms with Gasteiger partial charge in [-0.05, 0) is 29.8 Å². The third-order valence-corrected chi connectivity index (χ3v) is 4.54. The highest BCUT2D eigenvalue weighted by Gasteiger charge is 2.16. The molecule has 0 spiro atoms. The van der Waals surface area contributed by atoms with Gasteiger partial charge in [0.05, 0.1) is 9.92 Å². The van der Waals surface area contributed by atoms with Gasteiger partial charge in [-0.3, -0.25) is 5.11 Å². The summed E-state index contributed by atoms with van der Waals surface area (Å²) in [6, 6.07) is 7.90. The van der Waals surface area contributed by atoms with Crippen molar-refractivity contribution in [3.8, 4) is 5.75 Å². The Hall–Kier alpha value is -1.59. The monoisotopic (exact) mass is 313 g/mol. The highest BCUT2D eigenvalue weighted by Crippen LogP contribution is 2.29. The van der Waals surface area contributed by atoms with Crippen LogP contribution in [0.25, 0.3) is 0 Å². The minimum Gasteiger partial charge on any atom is -0.290 e. The minimum atomic E-state index is -3.45. The number of halogens is 2. The highest BCUT2D eigenvalue weighted by atomic mass is 35.5. The molecular formula is C14H11ClFO3S. The Morgan fingerprint density at radius 1 is 1.15 bits per heavy atom. The second-order valence-electron chi connectivity index (χ2n) is 4.43. The number of rotatable bonds is 3. The smallest absolute Gasteiger partial charge is 0.182 e. The normalized spacial score (nSPS) is 11.6. The number of benzene rings is 2. The third-order valence-electron chi connectivity index (χ3n) is 2.85. The summed E-state index contributed by atoms with van der Waals surface area (Å²) in [5.41, 5.74) is 0.704. The molecule has 0 saturated carbocycles. The quantitative estimate of drug-likeness (QED) is 0.869. The standard InChI is InChI=1S/C14H11ClFO3S/c1-20(18,19)13-4-2-3-9(14(13)15)7-10-8-11(16)5-6-12(10)17/h2-6,8H,7H2,1H3. The van der Waals surface area contributed by atoms with Crippen molar-refractivity contribution < 1.29 is 17.9 Å². The van der Waals surface area contributed by atoms with E-state index in [9.17, 15) is 17.9 Å². The van der Waals surface area contributed by atoms with Crippen molar-refractivity contribution in [3.05, 3.63) is 58.4 Å². The van der Waals surface area contributed by atoms with Gasteiger partial charge in [-0.15, -0.1) is 0 Å². The Morgan fingerprint density at radius 2 is 1.85 bits per heavy atom. The van der Waals surface area contributed by atoms with E-state index in [1.165, 1.54) is 6.07 Å². The molecule has 0 bridgehead atoms. The lowest BCUT2D eigenvalue weighted by Gasteiger charge is -2.09. The van der Waals surface area contributed by atoms with Gasteiger partial charge >= 0.3 is 0 Å². The molecule has 105 valence electrons. The number of sulfone groups is 1. The fourth-order valence-corrected chi connectivity index (χ4v) is 3.27. The lowest BCUT2D eigenvalue weighted by molar-refractivity contribution is 0.349. The average molecular weight is 314 g/mol. The second kappa shape index (κ2) is 5.42. The van der Waals surface area contributed by atoms with Crippen LogP contribution >= 0.6 is 11.6 Å². The molecule has 0 aliphatic carbocycles. The van der Waals surface area contributed by atoms with Crippen molar-refractivity contribution in [3.63, 3.8) is 0 Å². The molecule has 0 fully saturated rings. The van der Waals surface area contributed by atoms with Crippen LogP contribution in [0.1, 0.15) is 11.1 Å². The van der Waals surface area contributed by atoms with Gasteiger partial charge in [0.15, 0.2) is 15.6 Å². The Labute approximate surface area is 121 Å². The fraction of sp³-hybridized carbons (Fsp3) is 0.143. The van der Waals surface area contributed by atoms with Crippen LogP contribution < -0.4 is 0 Å². The van der Waals surface area contributed by atoms with E-state index >= 15 is 0 Å². The molecule has 3 nitrogen and oxygen atoms in total. The van der Waals surface area contributed by atoms with E-state index in [1.807, 2.05) is 0 Å². The molecule has 0 aliphatic heterocycles. The predicted molar refractivity (Wildman–Crippen MR) is 73.9 cm³/mol. The van der Waals surface area contributed by atoms with Crippen LogP contribution in [0, 0.1) is 5.82 Å². The Balaban J connectivity index is 2.47. The zero-order valence-electron chi connectivity index (χ0n) is 10.6. The van der Waals surface area contributed by atoms with Crippen molar-refractivity contribution >= 4 is 21.4 Å². The summed E-state index contributed by atoms with van der Waals surface area (Å²) in [4.78, 5) is 0.000480. The van der Waals surface area contributed by atoms with E-state index in [0.717, 1.165) is 24.5 Å². The maximum atomic E-state index is 13.2. The van der Waals surface area contributed by atoms with Gasteiger partial charge in [0.1, 0.15) is 5.82 Å². The van der Waals surface area contributed by atoms with Crippen molar-refractivity contribution in [2.45, 2.75) is 11.3 Å². The molecule has 0 aromatic heterocycles. The molecule has 0 amide bonds. The molecule has 2 aromatic carbocycles. The molecule has 0 unspecified atom stereocenters. The van der Waals surface area contributed by atoms with Crippen LogP contribution in [-0.4, -0.2) is 14.7 Å². The molecule has 0 heterocycles. The minimum absolute atomic E-state index is 0.000480. The van der Waals surface area contributed by atoms with E-state index < -0.39 is 15.7 Å². The van der Waals surface area contributed by atoms with Gasteiger partial charge in [-0.25, -0.2) is 12.8 Å². The van der Waals surface area contributed by atoms with Gasteiger partial charge in [0, 0.05) is 18.2 Å². The molecule has 2 rings (SSSR count).